The summed E-state index contributed by atoms with van der Waals surface area (Å²) in [7, 11) is 0. The number of carbonyl (C=O) groups is 1. The van der Waals surface area contributed by atoms with Gasteiger partial charge in [0.25, 0.3) is 0 Å². The van der Waals surface area contributed by atoms with Crippen LogP contribution in [-0.2, 0) is 11.2 Å². The lowest BCUT2D eigenvalue weighted by Crippen LogP contribution is -2.35. The predicted octanol–water partition coefficient (Wildman–Crippen LogP) is 3.50. The van der Waals surface area contributed by atoms with Gasteiger partial charge in [-0.15, -0.1) is 0 Å². The normalized spacial score (nSPS) is 19.5. The molecule has 1 aromatic heterocycles. The Bertz CT molecular complexity index is 748. The van der Waals surface area contributed by atoms with Gasteiger partial charge in [-0.05, 0) is 48.2 Å². The minimum absolute atomic E-state index is 0.145. The van der Waals surface area contributed by atoms with Gasteiger partial charge in [0.2, 0.25) is 12.7 Å². The van der Waals surface area contributed by atoms with Crippen molar-refractivity contribution < 1.29 is 14.3 Å². The first-order valence-electron chi connectivity index (χ1n) is 8.89. The second kappa shape index (κ2) is 7.13. The van der Waals surface area contributed by atoms with Gasteiger partial charge in [0, 0.05) is 18.9 Å². The zero-order chi connectivity index (χ0) is 17.1. The van der Waals surface area contributed by atoms with Gasteiger partial charge < -0.3 is 14.4 Å². The summed E-state index contributed by atoms with van der Waals surface area (Å²) in [4.78, 5) is 19.2. The summed E-state index contributed by atoms with van der Waals surface area (Å²) < 4.78 is 10.8. The van der Waals surface area contributed by atoms with Crippen LogP contribution >= 0.6 is 0 Å². The number of rotatable bonds is 3. The second-order valence-electron chi connectivity index (χ2n) is 6.60. The second-order valence-corrected chi connectivity index (χ2v) is 6.60. The van der Waals surface area contributed by atoms with Crippen molar-refractivity contribution in [1.29, 1.82) is 0 Å². The van der Waals surface area contributed by atoms with Crippen LogP contribution < -0.4 is 9.47 Å². The molecule has 1 atom stereocenters. The molecule has 130 valence electrons. The number of nitrogens with zero attached hydrogens (tertiary/aromatic N) is 2. The van der Waals surface area contributed by atoms with E-state index < -0.39 is 0 Å². The summed E-state index contributed by atoms with van der Waals surface area (Å²) in [6, 6.07) is 9.94. The molecule has 2 aliphatic heterocycles. The molecule has 0 N–H and O–H groups in total. The fourth-order valence-electron chi connectivity index (χ4n) is 3.67. The molecular weight excluding hydrogens is 316 g/mol. The molecule has 0 unspecified atom stereocenters. The minimum atomic E-state index is 0.145. The number of aromatic nitrogens is 1. The maximum Gasteiger partial charge on any atom is 0.231 e. The van der Waals surface area contributed by atoms with Crippen LogP contribution in [0.15, 0.2) is 42.7 Å². The van der Waals surface area contributed by atoms with E-state index in [1.165, 1.54) is 12.0 Å². The van der Waals surface area contributed by atoms with Crippen molar-refractivity contribution in [2.45, 2.75) is 38.1 Å². The van der Waals surface area contributed by atoms with Crippen molar-refractivity contribution in [3.05, 3.63) is 53.9 Å². The fraction of sp³-hybridized carbons (Fsp3) is 0.400. The monoisotopic (exact) mass is 338 g/mol. The van der Waals surface area contributed by atoms with Crippen LogP contribution in [0.4, 0.5) is 0 Å². The molecule has 5 nitrogen and oxygen atoms in total. The van der Waals surface area contributed by atoms with Crippen molar-refractivity contribution in [1.82, 2.24) is 9.88 Å². The molecule has 0 aliphatic carbocycles. The summed E-state index contributed by atoms with van der Waals surface area (Å²) in [5.74, 6) is 1.65. The Morgan fingerprint density at radius 3 is 2.80 bits per heavy atom. The highest BCUT2D eigenvalue weighted by molar-refractivity contribution is 5.79. The van der Waals surface area contributed by atoms with Crippen LogP contribution in [0.3, 0.4) is 0 Å². The highest BCUT2D eigenvalue weighted by Crippen LogP contribution is 2.34. The van der Waals surface area contributed by atoms with Crippen molar-refractivity contribution in [2.75, 3.05) is 13.3 Å². The number of fused-ring (bicyclic) bond motifs is 1. The lowest BCUT2D eigenvalue weighted by molar-refractivity contribution is -0.132. The van der Waals surface area contributed by atoms with E-state index in [1.807, 2.05) is 35.2 Å². The Hall–Kier alpha value is -2.56. The molecular formula is C20H22N2O3. The molecule has 1 amide bonds. The largest absolute Gasteiger partial charge is 0.454 e. The topological polar surface area (TPSA) is 51.7 Å². The van der Waals surface area contributed by atoms with Gasteiger partial charge in [0.15, 0.2) is 11.5 Å². The smallest absolute Gasteiger partial charge is 0.231 e. The molecule has 0 bridgehead atoms. The lowest BCUT2D eigenvalue weighted by Gasteiger charge is -2.30. The zero-order valence-electron chi connectivity index (χ0n) is 14.2. The van der Waals surface area contributed by atoms with E-state index in [0.717, 1.165) is 42.9 Å². The third-order valence-electron chi connectivity index (χ3n) is 4.96. The summed E-state index contributed by atoms with van der Waals surface area (Å²) in [5.41, 5.74) is 2.14. The van der Waals surface area contributed by atoms with Gasteiger partial charge in [0.05, 0.1) is 12.5 Å². The van der Waals surface area contributed by atoms with Gasteiger partial charge in [-0.1, -0.05) is 18.9 Å². The number of pyridine rings is 1. The van der Waals surface area contributed by atoms with Crippen LogP contribution in [0.25, 0.3) is 0 Å². The van der Waals surface area contributed by atoms with E-state index in [2.05, 4.69) is 4.98 Å². The van der Waals surface area contributed by atoms with Crippen LogP contribution in [0.5, 0.6) is 11.5 Å². The third kappa shape index (κ3) is 3.45. The molecule has 0 spiro atoms. The van der Waals surface area contributed by atoms with E-state index in [0.29, 0.717) is 6.42 Å². The van der Waals surface area contributed by atoms with Crippen molar-refractivity contribution in [2.24, 2.45) is 0 Å². The average molecular weight is 338 g/mol. The van der Waals surface area contributed by atoms with Crippen LogP contribution in [0.1, 0.15) is 42.9 Å². The SMILES string of the molecule is O=C(Cc1ccc2c(c1)OCO2)N1CCCCC[C@@H]1c1ccncc1. The van der Waals surface area contributed by atoms with Crippen molar-refractivity contribution >= 4 is 5.91 Å². The van der Waals surface area contributed by atoms with Crippen molar-refractivity contribution in [3.8, 4) is 11.5 Å². The molecule has 25 heavy (non-hydrogen) atoms. The van der Waals surface area contributed by atoms with E-state index in [4.69, 9.17) is 9.47 Å². The maximum atomic E-state index is 13.0. The molecule has 1 aromatic carbocycles. The Kier molecular flexibility index (Phi) is 4.55. The molecule has 1 fully saturated rings. The predicted molar refractivity (Wildman–Crippen MR) is 93.4 cm³/mol. The van der Waals surface area contributed by atoms with E-state index in [9.17, 15) is 4.79 Å². The van der Waals surface area contributed by atoms with E-state index in [1.54, 1.807) is 12.4 Å². The van der Waals surface area contributed by atoms with Gasteiger partial charge in [-0.2, -0.15) is 0 Å². The summed E-state index contributed by atoms with van der Waals surface area (Å²) in [6.07, 6.45) is 8.40. The molecule has 3 heterocycles. The fourth-order valence-corrected chi connectivity index (χ4v) is 3.67. The Labute approximate surface area is 147 Å². The summed E-state index contributed by atoms with van der Waals surface area (Å²) >= 11 is 0. The van der Waals surface area contributed by atoms with Gasteiger partial charge in [-0.25, -0.2) is 0 Å². The number of hydrogen-bond acceptors (Lipinski definition) is 4. The third-order valence-corrected chi connectivity index (χ3v) is 4.96. The van der Waals surface area contributed by atoms with Crippen molar-refractivity contribution in [3.63, 3.8) is 0 Å². The minimum Gasteiger partial charge on any atom is -0.454 e. The van der Waals surface area contributed by atoms with Gasteiger partial charge >= 0.3 is 0 Å². The first-order chi connectivity index (χ1) is 12.3. The van der Waals surface area contributed by atoms with E-state index in [-0.39, 0.29) is 18.7 Å². The molecule has 0 saturated carbocycles. The Morgan fingerprint density at radius 2 is 1.92 bits per heavy atom. The Balaban J connectivity index is 1.54. The molecule has 0 radical (unpaired) electrons. The standard InChI is InChI=1S/C20H22N2O3/c23-20(13-15-5-6-18-19(12-15)25-14-24-18)22-11-3-1-2-4-17(22)16-7-9-21-10-8-16/h5-10,12,17H,1-4,11,13-14H2/t17-/m1/s1. The highest BCUT2D eigenvalue weighted by atomic mass is 16.7. The molecule has 5 heteroatoms. The van der Waals surface area contributed by atoms with Gasteiger partial charge in [0.1, 0.15) is 0 Å². The average Bonchev–Trinajstić information content (AvgIpc) is 2.96. The molecule has 1 saturated heterocycles. The van der Waals surface area contributed by atoms with Crippen LogP contribution in [0, 0.1) is 0 Å². The highest BCUT2D eigenvalue weighted by Gasteiger charge is 2.27. The molecule has 2 aromatic rings. The molecule has 2 aliphatic rings. The number of hydrogen-bond donors (Lipinski definition) is 0. The number of carbonyl (C=O) groups excluding carboxylic acids is 1. The summed E-state index contributed by atoms with van der Waals surface area (Å²) in [6.45, 7) is 1.07. The first-order valence-corrected chi connectivity index (χ1v) is 8.89. The first kappa shape index (κ1) is 15.9. The van der Waals surface area contributed by atoms with E-state index >= 15 is 0 Å². The number of amides is 1. The maximum absolute atomic E-state index is 13.0. The number of ether oxygens (including phenoxy) is 2. The molecule has 4 rings (SSSR count). The van der Waals surface area contributed by atoms with Crippen LogP contribution in [-0.4, -0.2) is 29.1 Å². The van der Waals surface area contributed by atoms with Gasteiger partial charge in [-0.3, -0.25) is 9.78 Å². The number of benzene rings is 1. The quantitative estimate of drug-likeness (QED) is 0.859. The summed E-state index contributed by atoms with van der Waals surface area (Å²) in [5, 5.41) is 0. The Morgan fingerprint density at radius 1 is 1.08 bits per heavy atom. The zero-order valence-corrected chi connectivity index (χ0v) is 14.2. The lowest BCUT2D eigenvalue weighted by atomic mass is 10.0. The number of likely N-dealkylation sites (tertiary alicyclic amines) is 1. The van der Waals surface area contributed by atoms with Crippen LogP contribution in [0.2, 0.25) is 0 Å².